The second-order valence-electron chi connectivity index (χ2n) is 4.37. The van der Waals surface area contributed by atoms with Gasteiger partial charge in [-0.25, -0.2) is 4.39 Å². The zero-order valence-corrected chi connectivity index (χ0v) is 11.1. The standard InChI is InChI=1S/C13H18BrF/c1-9(2)13(14)7-5-11-4-6-12(15)8-10(11)3/h4,6,8-9,13H,5,7H2,1-3H3. The van der Waals surface area contributed by atoms with Gasteiger partial charge in [0.05, 0.1) is 0 Å². The molecule has 0 aliphatic heterocycles. The van der Waals surface area contributed by atoms with Crippen molar-refractivity contribution in [3.63, 3.8) is 0 Å². The van der Waals surface area contributed by atoms with E-state index in [2.05, 4.69) is 29.8 Å². The normalized spacial score (nSPS) is 13.2. The summed E-state index contributed by atoms with van der Waals surface area (Å²) < 4.78 is 12.9. The van der Waals surface area contributed by atoms with E-state index in [4.69, 9.17) is 0 Å². The summed E-state index contributed by atoms with van der Waals surface area (Å²) in [5.74, 6) is 0.501. The lowest BCUT2D eigenvalue weighted by Gasteiger charge is -2.14. The van der Waals surface area contributed by atoms with Crippen molar-refractivity contribution in [1.82, 2.24) is 0 Å². The van der Waals surface area contributed by atoms with E-state index in [1.54, 1.807) is 12.1 Å². The lowest BCUT2D eigenvalue weighted by atomic mass is 9.99. The van der Waals surface area contributed by atoms with Crippen LogP contribution in [0.15, 0.2) is 18.2 Å². The summed E-state index contributed by atoms with van der Waals surface area (Å²) in [6.07, 6.45) is 2.12. The van der Waals surface area contributed by atoms with Crippen molar-refractivity contribution in [3.8, 4) is 0 Å². The SMILES string of the molecule is Cc1cc(F)ccc1CCC(Br)C(C)C. The van der Waals surface area contributed by atoms with Crippen LogP contribution in [0.3, 0.4) is 0 Å². The van der Waals surface area contributed by atoms with Crippen molar-refractivity contribution in [2.75, 3.05) is 0 Å². The first kappa shape index (κ1) is 12.7. The van der Waals surface area contributed by atoms with Crippen LogP contribution in [0.2, 0.25) is 0 Å². The molecule has 0 spiro atoms. The minimum absolute atomic E-state index is 0.143. The van der Waals surface area contributed by atoms with Crippen molar-refractivity contribution in [2.45, 2.75) is 38.4 Å². The average molecular weight is 273 g/mol. The van der Waals surface area contributed by atoms with Crippen LogP contribution in [0.25, 0.3) is 0 Å². The highest BCUT2D eigenvalue weighted by Crippen LogP contribution is 2.20. The highest BCUT2D eigenvalue weighted by atomic mass is 79.9. The van der Waals surface area contributed by atoms with Gasteiger partial charge in [-0.1, -0.05) is 35.8 Å². The van der Waals surface area contributed by atoms with Gasteiger partial charge in [0.1, 0.15) is 5.82 Å². The van der Waals surface area contributed by atoms with Gasteiger partial charge in [-0.15, -0.1) is 0 Å². The third-order valence-electron chi connectivity index (χ3n) is 2.72. The molecule has 84 valence electrons. The van der Waals surface area contributed by atoms with Gasteiger partial charge in [-0.05, 0) is 48.9 Å². The van der Waals surface area contributed by atoms with E-state index in [1.807, 2.05) is 13.0 Å². The number of aryl methyl sites for hydroxylation is 2. The Kier molecular flexibility index (Phi) is 4.78. The zero-order valence-electron chi connectivity index (χ0n) is 9.56. The summed E-state index contributed by atoms with van der Waals surface area (Å²) >= 11 is 3.66. The lowest BCUT2D eigenvalue weighted by Crippen LogP contribution is -2.08. The molecule has 1 atom stereocenters. The second-order valence-corrected chi connectivity index (χ2v) is 5.55. The molecule has 15 heavy (non-hydrogen) atoms. The molecule has 0 saturated carbocycles. The van der Waals surface area contributed by atoms with Gasteiger partial charge in [-0.2, -0.15) is 0 Å². The molecule has 0 aliphatic carbocycles. The van der Waals surface area contributed by atoms with Gasteiger partial charge >= 0.3 is 0 Å². The summed E-state index contributed by atoms with van der Waals surface area (Å²) in [5, 5.41) is 0. The molecule has 1 unspecified atom stereocenters. The highest BCUT2D eigenvalue weighted by Gasteiger charge is 2.09. The van der Waals surface area contributed by atoms with Crippen molar-refractivity contribution in [2.24, 2.45) is 5.92 Å². The molecule has 0 nitrogen and oxygen atoms in total. The van der Waals surface area contributed by atoms with Gasteiger partial charge < -0.3 is 0 Å². The molecule has 0 heterocycles. The van der Waals surface area contributed by atoms with Crippen LogP contribution in [0.1, 0.15) is 31.4 Å². The fraction of sp³-hybridized carbons (Fsp3) is 0.538. The summed E-state index contributed by atoms with van der Waals surface area (Å²) in [5.41, 5.74) is 2.31. The van der Waals surface area contributed by atoms with Crippen LogP contribution in [0.5, 0.6) is 0 Å². The molecule has 1 rings (SSSR count). The Hall–Kier alpha value is -0.370. The molecule has 2 heteroatoms. The van der Waals surface area contributed by atoms with Crippen LogP contribution < -0.4 is 0 Å². The number of alkyl halides is 1. The predicted molar refractivity (Wildman–Crippen MR) is 67.0 cm³/mol. The molecule has 0 amide bonds. The van der Waals surface area contributed by atoms with Gasteiger partial charge in [0.25, 0.3) is 0 Å². The van der Waals surface area contributed by atoms with Crippen LogP contribution in [0.4, 0.5) is 4.39 Å². The largest absolute Gasteiger partial charge is 0.207 e. The summed E-state index contributed by atoms with van der Waals surface area (Å²) in [6.45, 7) is 6.38. The summed E-state index contributed by atoms with van der Waals surface area (Å²) in [7, 11) is 0. The van der Waals surface area contributed by atoms with Crippen LogP contribution in [0, 0.1) is 18.7 Å². The molecule has 0 aliphatic rings. The van der Waals surface area contributed by atoms with Crippen molar-refractivity contribution in [3.05, 3.63) is 35.1 Å². The topological polar surface area (TPSA) is 0 Å². The van der Waals surface area contributed by atoms with Crippen molar-refractivity contribution >= 4 is 15.9 Å². The molecule has 0 N–H and O–H groups in total. The Bertz CT molecular complexity index is 320. The highest BCUT2D eigenvalue weighted by molar-refractivity contribution is 9.09. The number of hydrogen-bond acceptors (Lipinski definition) is 0. The van der Waals surface area contributed by atoms with E-state index in [0.717, 1.165) is 18.4 Å². The average Bonchev–Trinajstić information content (AvgIpc) is 2.15. The van der Waals surface area contributed by atoms with Gasteiger partial charge in [0.2, 0.25) is 0 Å². The maximum Gasteiger partial charge on any atom is 0.123 e. The minimum Gasteiger partial charge on any atom is -0.207 e. The predicted octanol–water partition coefficient (Wildman–Crippen LogP) is 4.49. The molecule has 1 aromatic carbocycles. The first-order valence-electron chi connectivity index (χ1n) is 5.40. The molecule has 0 radical (unpaired) electrons. The first-order chi connectivity index (χ1) is 7.00. The number of benzene rings is 1. The Morgan fingerprint density at radius 2 is 2.00 bits per heavy atom. The third-order valence-corrected chi connectivity index (χ3v) is 4.23. The Morgan fingerprint density at radius 3 is 2.53 bits per heavy atom. The van der Waals surface area contributed by atoms with Crippen LogP contribution in [-0.4, -0.2) is 4.83 Å². The van der Waals surface area contributed by atoms with Gasteiger partial charge in [-0.3, -0.25) is 0 Å². The van der Waals surface area contributed by atoms with Crippen LogP contribution >= 0.6 is 15.9 Å². The third kappa shape index (κ3) is 3.94. The zero-order chi connectivity index (χ0) is 11.4. The van der Waals surface area contributed by atoms with E-state index in [1.165, 1.54) is 5.56 Å². The fourth-order valence-electron chi connectivity index (χ4n) is 1.57. The number of hydrogen-bond donors (Lipinski definition) is 0. The lowest BCUT2D eigenvalue weighted by molar-refractivity contribution is 0.580. The van der Waals surface area contributed by atoms with E-state index in [0.29, 0.717) is 10.7 Å². The molecular weight excluding hydrogens is 255 g/mol. The smallest absolute Gasteiger partial charge is 0.123 e. The number of rotatable bonds is 4. The molecule has 0 bridgehead atoms. The maximum absolute atomic E-state index is 12.9. The quantitative estimate of drug-likeness (QED) is 0.709. The monoisotopic (exact) mass is 272 g/mol. The molecule has 0 fully saturated rings. The van der Waals surface area contributed by atoms with Crippen LogP contribution in [-0.2, 0) is 6.42 Å². The summed E-state index contributed by atoms with van der Waals surface area (Å²) in [4.78, 5) is 0.543. The van der Waals surface area contributed by atoms with E-state index < -0.39 is 0 Å². The fourth-order valence-corrected chi connectivity index (χ4v) is 1.80. The van der Waals surface area contributed by atoms with Crippen molar-refractivity contribution in [1.29, 1.82) is 0 Å². The molecule has 1 aromatic rings. The second kappa shape index (κ2) is 5.64. The van der Waals surface area contributed by atoms with E-state index in [9.17, 15) is 4.39 Å². The van der Waals surface area contributed by atoms with E-state index in [-0.39, 0.29) is 5.82 Å². The maximum atomic E-state index is 12.9. The van der Waals surface area contributed by atoms with Gasteiger partial charge in [0, 0.05) is 4.83 Å². The Labute approximate surface area is 100 Å². The van der Waals surface area contributed by atoms with E-state index >= 15 is 0 Å². The number of halogens is 2. The van der Waals surface area contributed by atoms with Crippen molar-refractivity contribution < 1.29 is 4.39 Å². The Morgan fingerprint density at radius 1 is 1.33 bits per heavy atom. The Balaban J connectivity index is 2.58. The molecule has 0 saturated heterocycles. The summed E-state index contributed by atoms with van der Waals surface area (Å²) in [6, 6.07) is 5.04. The van der Waals surface area contributed by atoms with Gasteiger partial charge in [0.15, 0.2) is 0 Å². The minimum atomic E-state index is -0.143. The molecular formula is C13H18BrF. The molecule has 0 aromatic heterocycles. The first-order valence-corrected chi connectivity index (χ1v) is 6.31.